The molecule has 0 spiro atoms. The molecule has 0 N–H and O–H groups in total. The minimum atomic E-state index is -1.65. The fourth-order valence-corrected chi connectivity index (χ4v) is 6.41. The van der Waals surface area contributed by atoms with E-state index in [4.69, 9.17) is 5.53 Å². The van der Waals surface area contributed by atoms with Gasteiger partial charge >= 0.3 is 0 Å². The Morgan fingerprint density at radius 1 is 0.875 bits per heavy atom. The molecule has 0 saturated carbocycles. The van der Waals surface area contributed by atoms with Gasteiger partial charge < -0.3 is 0 Å². The summed E-state index contributed by atoms with van der Waals surface area (Å²) in [7, 11) is -1.65. The van der Waals surface area contributed by atoms with Crippen LogP contribution in [0.25, 0.3) is 10.4 Å². The lowest BCUT2D eigenvalue weighted by molar-refractivity contribution is 0.789. The van der Waals surface area contributed by atoms with E-state index in [0.29, 0.717) is 0 Å². The van der Waals surface area contributed by atoms with Gasteiger partial charge in [-0.1, -0.05) is 77.4 Å². The van der Waals surface area contributed by atoms with Gasteiger partial charge in [0.1, 0.15) is 0 Å². The lowest BCUT2D eigenvalue weighted by atomic mass is 10.4. The maximum atomic E-state index is 8.79. The lowest BCUT2D eigenvalue weighted by Gasteiger charge is -2.26. The van der Waals surface area contributed by atoms with E-state index in [0.717, 1.165) is 0 Å². The monoisotopic (exact) mass is 241 g/mol. The molecule has 0 amide bonds. The predicted molar refractivity (Wildman–Crippen MR) is 74.0 cm³/mol. The lowest BCUT2D eigenvalue weighted by Crippen LogP contribution is -2.31. The minimum absolute atomic E-state index is 1.20. The van der Waals surface area contributed by atoms with E-state index in [9.17, 15) is 0 Å². The molecule has 3 nitrogen and oxygen atoms in total. The first-order valence-electron chi connectivity index (χ1n) is 6.81. The Bertz CT molecular complexity index is 191. The first-order chi connectivity index (χ1) is 7.74. The normalized spacial score (nSPS) is 11.2. The second-order valence-electron chi connectivity index (χ2n) is 4.72. The Labute approximate surface area is 101 Å². The van der Waals surface area contributed by atoms with Crippen LogP contribution in [0.15, 0.2) is 4.78 Å². The molecule has 0 aliphatic heterocycles. The molecule has 0 aliphatic rings. The van der Waals surface area contributed by atoms with Crippen LogP contribution >= 0.6 is 0 Å². The van der Waals surface area contributed by atoms with Gasteiger partial charge in [-0.2, -0.15) is 0 Å². The SMILES string of the molecule is CCCC[Si](CCCC)(CCCC)N=[N+]=[N-]. The zero-order chi connectivity index (χ0) is 12.3. The highest BCUT2D eigenvalue weighted by atomic mass is 28.3. The molecule has 0 atom stereocenters. The summed E-state index contributed by atoms with van der Waals surface area (Å²) in [6, 6.07) is 3.61. The van der Waals surface area contributed by atoms with Crippen LogP contribution in [0.4, 0.5) is 0 Å². The summed E-state index contributed by atoms with van der Waals surface area (Å²) >= 11 is 0. The Morgan fingerprint density at radius 3 is 1.50 bits per heavy atom. The highest BCUT2D eigenvalue weighted by Gasteiger charge is 2.30. The van der Waals surface area contributed by atoms with E-state index >= 15 is 0 Å². The van der Waals surface area contributed by atoms with Gasteiger partial charge in [0.15, 0.2) is 8.24 Å². The molecule has 0 unspecified atom stereocenters. The molecule has 0 heterocycles. The standard InChI is InChI=1S/C12H27N3Si/c1-4-7-10-16(15-14-13,11-8-5-2)12-9-6-3/h4-12H2,1-3H3. The summed E-state index contributed by atoms with van der Waals surface area (Å²) in [6.07, 6.45) is 7.35. The average molecular weight is 241 g/mol. The molecule has 0 bridgehead atoms. The van der Waals surface area contributed by atoms with E-state index < -0.39 is 8.24 Å². The molecule has 94 valence electrons. The third-order valence-electron chi connectivity index (χ3n) is 3.24. The number of azide groups is 1. The summed E-state index contributed by atoms with van der Waals surface area (Å²) in [5.74, 6) is 0. The molecule has 0 radical (unpaired) electrons. The van der Waals surface area contributed by atoms with Crippen LogP contribution in [0.5, 0.6) is 0 Å². The van der Waals surface area contributed by atoms with Gasteiger partial charge in [-0.05, 0) is 10.4 Å². The van der Waals surface area contributed by atoms with Crippen LogP contribution in [-0.4, -0.2) is 8.24 Å². The van der Waals surface area contributed by atoms with Gasteiger partial charge in [0.05, 0.1) is 0 Å². The van der Waals surface area contributed by atoms with E-state index in [1.54, 1.807) is 0 Å². The van der Waals surface area contributed by atoms with Crippen molar-refractivity contribution in [3.05, 3.63) is 10.4 Å². The summed E-state index contributed by atoms with van der Waals surface area (Å²) in [6.45, 7) is 6.65. The summed E-state index contributed by atoms with van der Waals surface area (Å²) < 4.78 is 4.29. The molecule has 0 saturated heterocycles. The van der Waals surface area contributed by atoms with Crippen molar-refractivity contribution in [1.29, 1.82) is 0 Å². The van der Waals surface area contributed by atoms with E-state index in [1.165, 1.54) is 56.7 Å². The van der Waals surface area contributed by atoms with Crippen LogP contribution in [0.1, 0.15) is 59.3 Å². The Hall–Kier alpha value is -0.473. The van der Waals surface area contributed by atoms with Crippen molar-refractivity contribution in [3.63, 3.8) is 0 Å². The molecular weight excluding hydrogens is 214 g/mol. The van der Waals surface area contributed by atoms with E-state index in [-0.39, 0.29) is 0 Å². The highest BCUT2D eigenvalue weighted by Crippen LogP contribution is 2.29. The summed E-state index contributed by atoms with van der Waals surface area (Å²) in [5.41, 5.74) is 8.79. The van der Waals surface area contributed by atoms with Gasteiger partial charge in [-0.3, -0.25) is 0 Å². The number of unbranched alkanes of at least 4 members (excludes halogenated alkanes) is 3. The van der Waals surface area contributed by atoms with E-state index in [2.05, 4.69) is 30.5 Å². The topological polar surface area (TPSA) is 48.8 Å². The van der Waals surface area contributed by atoms with Crippen molar-refractivity contribution < 1.29 is 0 Å². The maximum absolute atomic E-state index is 8.79. The van der Waals surface area contributed by atoms with Gasteiger partial charge in [0.2, 0.25) is 0 Å². The van der Waals surface area contributed by atoms with Gasteiger partial charge in [-0.25, -0.2) is 0 Å². The van der Waals surface area contributed by atoms with Crippen LogP contribution in [0.3, 0.4) is 0 Å². The minimum Gasteiger partial charge on any atom is -0.124 e. The molecule has 0 aromatic heterocycles. The fraction of sp³-hybridized carbons (Fsp3) is 1.00. The van der Waals surface area contributed by atoms with Crippen molar-refractivity contribution >= 4 is 8.24 Å². The zero-order valence-electron chi connectivity index (χ0n) is 11.2. The largest absolute Gasteiger partial charge is 0.155 e. The summed E-state index contributed by atoms with van der Waals surface area (Å²) in [5, 5.41) is 0. The van der Waals surface area contributed by atoms with Crippen LogP contribution in [0.2, 0.25) is 18.1 Å². The quantitative estimate of drug-likeness (QED) is 0.206. The van der Waals surface area contributed by atoms with Gasteiger partial charge in [0.25, 0.3) is 0 Å². The molecule has 0 aromatic rings. The molecule has 0 aliphatic carbocycles. The van der Waals surface area contributed by atoms with Crippen molar-refractivity contribution in [2.75, 3.05) is 0 Å². The van der Waals surface area contributed by atoms with Crippen molar-refractivity contribution in [1.82, 2.24) is 0 Å². The number of nitrogens with zero attached hydrogens (tertiary/aromatic N) is 3. The van der Waals surface area contributed by atoms with Crippen LogP contribution in [0, 0.1) is 0 Å². The zero-order valence-corrected chi connectivity index (χ0v) is 12.2. The molecular formula is C12H27N3Si. The Kier molecular flexibility index (Phi) is 9.44. The van der Waals surface area contributed by atoms with Gasteiger partial charge in [0, 0.05) is 0 Å². The third kappa shape index (κ3) is 6.18. The Balaban J connectivity index is 4.51. The second kappa shape index (κ2) is 9.73. The van der Waals surface area contributed by atoms with Crippen molar-refractivity contribution in [3.8, 4) is 0 Å². The maximum Gasteiger partial charge on any atom is 0.155 e. The number of rotatable bonds is 10. The fourth-order valence-electron chi connectivity index (χ4n) is 2.14. The highest BCUT2D eigenvalue weighted by molar-refractivity contribution is 6.78. The number of hydrogen-bond donors (Lipinski definition) is 0. The Morgan fingerprint density at radius 2 is 1.25 bits per heavy atom. The molecule has 0 fully saturated rings. The van der Waals surface area contributed by atoms with Gasteiger partial charge in [-0.15, -0.1) is 4.78 Å². The molecule has 0 rings (SSSR count). The third-order valence-corrected chi connectivity index (χ3v) is 7.61. The first kappa shape index (κ1) is 15.5. The molecule has 16 heavy (non-hydrogen) atoms. The van der Waals surface area contributed by atoms with Crippen molar-refractivity contribution in [2.45, 2.75) is 77.4 Å². The summed E-state index contributed by atoms with van der Waals surface area (Å²) in [4.78, 5) is 3.15. The molecule has 4 heteroatoms. The molecule has 0 aromatic carbocycles. The van der Waals surface area contributed by atoms with Crippen LogP contribution < -0.4 is 0 Å². The van der Waals surface area contributed by atoms with E-state index in [1.807, 2.05) is 0 Å². The average Bonchev–Trinajstić information content (AvgIpc) is 2.31. The van der Waals surface area contributed by atoms with Crippen molar-refractivity contribution in [2.24, 2.45) is 4.78 Å². The second-order valence-corrected chi connectivity index (χ2v) is 8.87. The first-order valence-corrected chi connectivity index (χ1v) is 9.37. The predicted octanol–water partition coefficient (Wildman–Crippen LogP) is 5.64. The smallest absolute Gasteiger partial charge is 0.124 e. The number of hydrogen-bond acceptors (Lipinski definition) is 1. The van der Waals surface area contributed by atoms with Crippen LogP contribution in [-0.2, 0) is 0 Å².